The lowest BCUT2D eigenvalue weighted by Crippen LogP contribution is -2.31. The topological polar surface area (TPSA) is 55.1 Å². The molecule has 1 aliphatic rings. The Balaban J connectivity index is 2.25. The van der Waals surface area contributed by atoms with Gasteiger partial charge in [-0.15, -0.1) is 0 Å². The van der Waals surface area contributed by atoms with Crippen molar-refractivity contribution in [3.63, 3.8) is 0 Å². The van der Waals surface area contributed by atoms with Crippen LogP contribution in [0.5, 0.6) is 0 Å². The highest BCUT2D eigenvalue weighted by atomic mass is 32.1. The van der Waals surface area contributed by atoms with E-state index >= 15 is 0 Å². The summed E-state index contributed by atoms with van der Waals surface area (Å²) in [5.74, 6) is -0.0573. The lowest BCUT2D eigenvalue weighted by molar-refractivity contribution is -0.120. The molecule has 0 heterocycles. The Kier molecular flexibility index (Phi) is 2.37. The van der Waals surface area contributed by atoms with Gasteiger partial charge >= 0.3 is 0 Å². The second-order valence-electron chi connectivity index (χ2n) is 3.96. The average molecular weight is 186 g/mol. The summed E-state index contributed by atoms with van der Waals surface area (Å²) >= 11 is 4.62. The van der Waals surface area contributed by atoms with Crippen molar-refractivity contribution >= 4 is 23.1 Å². The van der Waals surface area contributed by atoms with Crippen LogP contribution >= 0.6 is 12.2 Å². The van der Waals surface area contributed by atoms with Crippen molar-refractivity contribution in [2.24, 2.45) is 11.1 Å². The summed E-state index contributed by atoms with van der Waals surface area (Å²) in [6.45, 7) is 4.25. The quantitative estimate of drug-likeness (QED) is 0.634. The van der Waals surface area contributed by atoms with E-state index in [0.717, 1.165) is 6.42 Å². The highest BCUT2D eigenvalue weighted by Gasteiger charge is 2.46. The smallest absolute Gasteiger partial charge is 0.227 e. The summed E-state index contributed by atoms with van der Waals surface area (Å²) in [5, 5.41) is 2.87. The van der Waals surface area contributed by atoms with E-state index in [9.17, 15) is 4.79 Å². The zero-order valence-electron chi connectivity index (χ0n) is 7.39. The molecule has 1 fully saturated rings. The molecule has 1 saturated carbocycles. The fraction of sp³-hybridized carbons (Fsp3) is 0.750. The molecule has 3 nitrogen and oxygen atoms in total. The van der Waals surface area contributed by atoms with E-state index in [1.807, 2.05) is 0 Å². The first-order valence-corrected chi connectivity index (χ1v) is 4.40. The van der Waals surface area contributed by atoms with Gasteiger partial charge in [0, 0.05) is 6.04 Å². The van der Waals surface area contributed by atoms with Crippen molar-refractivity contribution in [2.75, 3.05) is 0 Å². The Morgan fingerprint density at radius 2 is 2.25 bits per heavy atom. The van der Waals surface area contributed by atoms with Crippen LogP contribution in [0.25, 0.3) is 0 Å². The second kappa shape index (κ2) is 3.01. The van der Waals surface area contributed by atoms with E-state index < -0.39 is 0 Å². The monoisotopic (exact) mass is 186 g/mol. The summed E-state index contributed by atoms with van der Waals surface area (Å²) in [6, 6.07) is 0.319. The fourth-order valence-corrected chi connectivity index (χ4v) is 1.25. The molecule has 1 aliphatic carbocycles. The van der Waals surface area contributed by atoms with Crippen LogP contribution in [0.1, 0.15) is 26.7 Å². The van der Waals surface area contributed by atoms with Gasteiger partial charge in [-0.3, -0.25) is 4.79 Å². The van der Waals surface area contributed by atoms with Gasteiger partial charge in [0.15, 0.2) is 0 Å². The highest BCUT2D eigenvalue weighted by molar-refractivity contribution is 7.80. The highest BCUT2D eigenvalue weighted by Crippen LogP contribution is 2.44. The van der Waals surface area contributed by atoms with E-state index in [4.69, 9.17) is 5.73 Å². The van der Waals surface area contributed by atoms with Crippen LogP contribution in [-0.2, 0) is 4.79 Å². The normalized spacial score (nSPS) is 24.7. The number of carbonyl (C=O) groups excluding carboxylic acids is 1. The van der Waals surface area contributed by atoms with Crippen molar-refractivity contribution in [3.8, 4) is 0 Å². The molecule has 3 N–H and O–H groups in total. The molecular formula is C8H14N2OS. The summed E-state index contributed by atoms with van der Waals surface area (Å²) in [5.41, 5.74) is 5.50. The maximum Gasteiger partial charge on any atom is 0.227 e. The third-order valence-corrected chi connectivity index (χ3v) is 2.33. The molecule has 0 aromatic heterocycles. The van der Waals surface area contributed by atoms with E-state index in [2.05, 4.69) is 31.4 Å². The summed E-state index contributed by atoms with van der Waals surface area (Å²) in [4.78, 5) is 11.4. The lowest BCUT2D eigenvalue weighted by atomic mass is 10.2. The van der Waals surface area contributed by atoms with Gasteiger partial charge in [-0.25, -0.2) is 0 Å². The second-order valence-corrected chi connectivity index (χ2v) is 4.48. The van der Waals surface area contributed by atoms with Crippen LogP contribution < -0.4 is 11.1 Å². The molecule has 1 amide bonds. The SMILES string of the molecule is CC1(C)CC1NC(=O)CC(N)=S. The van der Waals surface area contributed by atoms with Crippen LogP contribution in [0, 0.1) is 5.41 Å². The molecule has 1 unspecified atom stereocenters. The lowest BCUT2D eigenvalue weighted by Gasteiger charge is -2.05. The van der Waals surface area contributed by atoms with Gasteiger partial charge in [0.1, 0.15) is 0 Å². The molecular weight excluding hydrogens is 172 g/mol. The maximum absolute atomic E-state index is 11.1. The summed E-state index contributed by atoms with van der Waals surface area (Å²) in [6.07, 6.45) is 1.22. The molecule has 0 aliphatic heterocycles. The number of hydrogen-bond acceptors (Lipinski definition) is 2. The van der Waals surface area contributed by atoms with Crippen molar-refractivity contribution in [1.82, 2.24) is 5.32 Å². The van der Waals surface area contributed by atoms with E-state index in [-0.39, 0.29) is 22.7 Å². The third kappa shape index (κ3) is 2.44. The number of thiocarbonyl (C=S) groups is 1. The van der Waals surface area contributed by atoms with Gasteiger partial charge in [-0.1, -0.05) is 26.1 Å². The zero-order valence-corrected chi connectivity index (χ0v) is 8.20. The Morgan fingerprint density at radius 1 is 1.75 bits per heavy atom. The van der Waals surface area contributed by atoms with Crippen molar-refractivity contribution in [2.45, 2.75) is 32.7 Å². The minimum absolute atomic E-state index is 0.0573. The van der Waals surface area contributed by atoms with Crippen LogP contribution in [0.15, 0.2) is 0 Å². The maximum atomic E-state index is 11.1. The average Bonchev–Trinajstić information content (AvgIpc) is 2.35. The molecule has 1 atom stereocenters. The molecule has 4 heteroatoms. The van der Waals surface area contributed by atoms with E-state index in [1.54, 1.807) is 0 Å². The van der Waals surface area contributed by atoms with Gasteiger partial charge in [0.2, 0.25) is 5.91 Å². The van der Waals surface area contributed by atoms with Gasteiger partial charge in [-0.2, -0.15) is 0 Å². The van der Waals surface area contributed by atoms with Crippen LogP contribution in [0.4, 0.5) is 0 Å². The molecule has 0 aromatic rings. The molecule has 0 radical (unpaired) electrons. The zero-order chi connectivity index (χ0) is 9.35. The standard InChI is InChI=1S/C8H14N2OS/c1-8(2)4-5(8)10-7(11)3-6(9)12/h5H,3-4H2,1-2H3,(H2,9,12)(H,10,11). The van der Waals surface area contributed by atoms with Gasteiger partial charge in [0.25, 0.3) is 0 Å². The number of nitrogens with two attached hydrogens (primary N) is 1. The van der Waals surface area contributed by atoms with Crippen LogP contribution in [0.3, 0.4) is 0 Å². The minimum atomic E-state index is -0.0573. The van der Waals surface area contributed by atoms with Crippen molar-refractivity contribution in [3.05, 3.63) is 0 Å². The molecule has 0 aromatic carbocycles. The van der Waals surface area contributed by atoms with Crippen LogP contribution in [0.2, 0.25) is 0 Å². The van der Waals surface area contributed by atoms with E-state index in [0.29, 0.717) is 6.04 Å². The largest absolute Gasteiger partial charge is 0.393 e. The Morgan fingerprint density at radius 3 is 2.58 bits per heavy atom. The number of carbonyl (C=O) groups is 1. The molecule has 1 rings (SSSR count). The van der Waals surface area contributed by atoms with Gasteiger partial charge < -0.3 is 11.1 Å². The first-order valence-electron chi connectivity index (χ1n) is 3.99. The Labute approximate surface area is 77.7 Å². The Bertz CT molecular complexity index is 225. The molecule has 0 spiro atoms. The van der Waals surface area contributed by atoms with Gasteiger partial charge in [0.05, 0.1) is 11.4 Å². The minimum Gasteiger partial charge on any atom is -0.393 e. The molecule has 12 heavy (non-hydrogen) atoms. The number of amides is 1. The van der Waals surface area contributed by atoms with Crippen molar-refractivity contribution < 1.29 is 4.79 Å². The van der Waals surface area contributed by atoms with E-state index in [1.165, 1.54) is 0 Å². The summed E-state index contributed by atoms with van der Waals surface area (Å²) < 4.78 is 0. The third-order valence-electron chi connectivity index (χ3n) is 2.18. The summed E-state index contributed by atoms with van der Waals surface area (Å²) in [7, 11) is 0. The van der Waals surface area contributed by atoms with Gasteiger partial charge in [-0.05, 0) is 11.8 Å². The van der Waals surface area contributed by atoms with Crippen molar-refractivity contribution in [1.29, 1.82) is 0 Å². The molecule has 68 valence electrons. The predicted octanol–water partition coefficient (Wildman–Crippen LogP) is 0.577. The first-order chi connectivity index (χ1) is 5.42. The number of nitrogens with one attached hydrogen (secondary N) is 1. The Hall–Kier alpha value is -0.640. The molecule has 0 bridgehead atoms. The predicted molar refractivity (Wildman–Crippen MR) is 51.7 cm³/mol. The fourth-order valence-electron chi connectivity index (χ4n) is 1.12. The number of rotatable bonds is 3. The first kappa shape index (κ1) is 9.45. The molecule has 0 saturated heterocycles. The number of hydrogen-bond donors (Lipinski definition) is 2. The van der Waals surface area contributed by atoms with Crippen LogP contribution in [-0.4, -0.2) is 16.9 Å².